The highest BCUT2D eigenvalue weighted by molar-refractivity contribution is 5.76. The number of hydrogen-bond donors (Lipinski definition) is 0. The van der Waals surface area contributed by atoms with E-state index >= 15 is 0 Å². The third kappa shape index (κ3) is 4.40. The molecule has 1 heterocycles. The number of imidazole rings is 1. The first-order valence-corrected chi connectivity index (χ1v) is 10.6. The molecule has 0 spiro atoms. The topological polar surface area (TPSA) is 27.1 Å². The average molecular weight is 399 g/mol. The molecule has 0 aliphatic heterocycles. The number of para-hydroxylation sites is 2. The summed E-state index contributed by atoms with van der Waals surface area (Å²) >= 11 is 0. The van der Waals surface area contributed by atoms with Crippen molar-refractivity contribution in [3.63, 3.8) is 0 Å². The Morgan fingerprint density at radius 1 is 0.867 bits per heavy atom. The predicted octanol–water partition coefficient (Wildman–Crippen LogP) is 6.31. The highest BCUT2D eigenvalue weighted by Gasteiger charge is 2.14. The highest BCUT2D eigenvalue weighted by atomic mass is 16.5. The predicted molar refractivity (Wildman–Crippen MR) is 124 cm³/mol. The van der Waals surface area contributed by atoms with Crippen LogP contribution >= 0.6 is 0 Å². The molecule has 0 saturated heterocycles. The van der Waals surface area contributed by atoms with Crippen LogP contribution in [0.15, 0.2) is 72.8 Å². The Morgan fingerprint density at radius 2 is 1.57 bits per heavy atom. The lowest BCUT2D eigenvalue weighted by Crippen LogP contribution is -2.13. The number of nitrogens with zero attached hydrogens (tertiary/aromatic N) is 2. The number of aryl methyl sites for hydroxylation is 1. The summed E-state index contributed by atoms with van der Waals surface area (Å²) < 4.78 is 8.37. The van der Waals surface area contributed by atoms with Crippen molar-refractivity contribution in [2.75, 3.05) is 6.61 Å². The quantitative estimate of drug-likeness (QED) is 0.380. The molecule has 0 N–H and O–H groups in total. The lowest BCUT2D eigenvalue weighted by atomic mass is 9.87. The summed E-state index contributed by atoms with van der Waals surface area (Å²) in [7, 11) is 0. The lowest BCUT2D eigenvalue weighted by Gasteiger charge is -2.19. The molecule has 30 heavy (non-hydrogen) atoms. The van der Waals surface area contributed by atoms with Crippen molar-refractivity contribution in [3.05, 3.63) is 95.3 Å². The second kappa shape index (κ2) is 8.35. The molecule has 0 unspecified atom stereocenters. The molecule has 1 aromatic heterocycles. The van der Waals surface area contributed by atoms with Gasteiger partial charge in [0, 0.05) is 6.42 Å². The van der Waals surface area contributed by atoms with Gasteiger partial charge in [-0.1, -0.05) is 69.3 Å². The summed E-state index contributed by atoms with van der Waals surface area (Å²) in [5.74, 6) is 1.99. The van der Waals surface area contributed by atoms with Crippen LogP contribution in [-0.4, -0.2) is 16.2 Å². The summed E-state index contributed by atoms with van der Waals surface area (Å²) in [5, 5.41) is 0. The van der Waals surface area contributed by atoms with Crippen LogP contribution in [0.3, 0.4) is 0 Å². The van der Waals surface area contributed by atoms with Gasteiger partial charge in [-0.25, -0.2) is 4.98 Å². The third-order valence-corrected chi connectivity index (χ3v) is 5.65. The van der Waals surface area contributed by atoms with E-state index in [1.165, 1.54) is 16.7 Å². The summed E-state index contributed by atoms with van der Waals surface area (Å²) in [6, 6.07) is 25.3. The molecule has 0 aliphatic rings. The van der Waals surface area contributed by atoms with Gasteiger partial charge in [0.1, 0.15) is 18.2 Å². The van der Waals surface area contributed by atoms with Crippen molar-refractivity contribution in [1.29, 1.82) is 0 Å². The Labute approximate surface area is 179 Å². The van der Waals surface area contributed by atoms with E-state index in [4.69, 9.17) is 9.72 Å². The molecule has 3 nitrogen and oxygen atoms in total. The fourth-order valence-corrected chi connectivity index (χ4v) is 3.79. The maximum absolute atomic E-state index is 6.08. The third-order valence-electron chi connectivity index (χ3n) is 5.65. The Morgan fingerprint density at radius 3 is 2.30 bits per heavy atom. The van der Waals surface area contributed by atoms with Crippen molar-refractivity contribution >= 4 is 11.0 Å². The van der Waals surface area contributed by atoms with E-state index in [0.717, 1.165) is 35.6 Å². The van der Waals surface area contributed by atoms with Crippen LogP contribution in [-0.2, 0) is 18.4 Å². The zero-order chi connectivity index (χ0) is 21.1. The number of benzene rings is 3. The molecule has 0 saturated carbocycles. The van der Waals surface area contributed by atoms with Crippen molar-refractivity contribution in [1.82, 2.24) is 9.55 Å². The van der Waals surface area contributed by atoms with Gasteiger partial charge in [-0.3, -0.25) is 0 Å². The van der Waals surface area contributed by atoms with Crippen LogP contribution in [0.1, 0.15) is 43.3 Å². The second-order valence-electron chi connectivity index (χ2n) is 8.89. The van der Waals surface area contributed by atoms with Crippen molar-refractivity contribution < 1.29 is 4.74 Å². The smallest absolute Gasteiger partial charge is 0.119 e. The van der Waals surface area contributed by atoms with E-state index in [-0.39, 0.29) is 5.41 Å². The van der Waals surface area contributed by atoms with E-state index in [1.807, 2.05) is 6.07 Å². The first-order chi connectivity index (χ1) is 14.4. The van der Waals surface area contributed by atoms with Crippen molar-refractivity contribution in [2.45, 2.75) is 46.1 Å². The highest BCUT2D eigenvalue weighted by Crippen LogP contribution is 2.25. The van der Waals surface area contributed by atoms with Gasteiger partial charge in [-0.05, 0) is 53.3 Å². The van der Waals surface area contributed by atoms with Gasteiger partial charge in [-0.15, -0.1) is 0 Å². The van der Waals surface area contributed by atoms with Gasteiger partial charge < -0.3 is 9.30 Å². The van der Waals surface area contributed by atoms with E-state index in [2.05, 4.69) is 99.0 Å². The number of rotatable bonds is 6. The molecule has 154 valence electrons. The number of aromatic nitrogens is 2. The van der Waals surface area contributed by atoms with Crippen LogP contribution < -0.4 is 4.74 Å². The molecule has 0 radical (unpaired) electrons. The maximum Gasteiger partial charge on any atom is 0.119 e. The molecule has 0 fully saturated rings. The molecule has 0 amide bonds. The first kappa shape index (κ1) is 20.2. The van der Waals surface area contributed by atoms with Crippen LogP contribution in [0.4, 0.5) is 0 Å². The van der Waals surface area contributed by atoms with Gasteiger partial charge in [0.15, 0.2) is 0 Å². The number of hydrogen-bond acceptors (Lipinski definition) is 2. The van der Waals surface area contributed by atoms with Crippen molar-refractivity contribution in [3.8, 4) is 5.75 Å². The van der Waals surface area contributed by atoms with Crippen LogP contribution in [0, 0.1) is 6.92 Å². The minimum atomic E-state index is 0.152. The van der Waals surface area contributed by atoms with Crippen LogP contribution in [0.2, 0.25) is 0 Å². The van der Waals surface area contributed by atoms with Gasteiger partial charge >= 0.3 is 0 Å². The molecule has 4 rings (SSSR count). The molecule has 0 bridgehead atoms. The minimum Gasteiger partial charge on any atom is -0.492 e. The lowest BCUT2D eigenvalue weighted by molar-refractivity contribution is 0.298. The van der Waals surface area contributed by atoms with E-state index in [1.54, 1.807) is 0 Å². The van der Waals surface area contributed by atoms with Gasteiger partial charge in [-0.2, -0.15) is 0 Å². The van der Waals surface area contributed by atoms with Gasteiger partial charge in [0.25, 0.3) is 0 Å². The first-order valence-electron chi connectivity index (χ1n) is 10.6. The van der Waals surface area contributed by atoms with E-state index in [9.17, 15) is 0 Å². The fraction of sp³-hybridized carbons (Fsp3) is 0.296. The Balaban J connectivity index is 1.52. The van der Waals surface area contributed by atoms with Crippen molar-refractivity contribution in [2.24, 2.45) is 0 Å². The molecule has 3 heteroatoms. The SMILES string of the molecule is Cc1ccccc1Cc1nc2ccccc2n1CCOc1ccc(C(C)(C)C)cc1. The zero-order valence-electron chi connectivity index (χ0n) is 18.4. The monoisotopic (exact) mass is 398 g/mol. The molecule has 0 atom stereocenters. The summed E-state index contributed by atoms with van der Waals surface area (Å²) in [6.45, 7) is 10.2. The van der Waals surface area contributed by atoms with Gasteiger partial charge in [0.2, 0.25) is 0 Å². The summed E-state index contributed by atoms with van der Waals surface area (Å²) in [6.07, 6.45) is 0.821. The molecule has 3 aromatic carbocycles. The Hall–Kier alpha value is -3.07. The number of fused-ring (bicyclic) bond motifs is 1. The average Bonchev–Trinajstić information content (AvgIpc) is 3.07. The fourth-order valence-electron chi connectivity index (χ4n) is 3.79. The van der Waals surface area contributed by atoms with Gasteiger partial charge in [0.05, 0.1) is 17.6 Å². The van der Waals surface area contributed by atoms with Crippen LogP contribution in [0.25, 0.3) is 11.0 Å². The minimum absolute atomic E-state index is 0.152. The largest absolute Gasteiger partial charge is 0.492 e. The maximum atomic E-state index is 6.08. The summed E-state index contributed by atoms with van der Waals surface area (Å²) in [4.78, 5) is 4.92. The van der Waals surface area contributed by atoms with E-state index < -0.39 is 0 Å². The van der Waals surface area contributed by atoms with Crippen LogP contribution in [0.5, 0.6) is 5.75 Å². The number of ether oxygens (including phenoxy) is 1. The Bertz CT molecular complexity index is 1130. The molecule has 4 aromatic rings. The van der Waals surface area contributed by atoms with E-state index in [0.29, 0.717) is 6.61 Å². The molecular formula is C27H30N2O. The molecular weight excluding hydrogens is 368 g/mol. The molecule has 0 aliphatic carbocycles. The normalized spacial score (nSPS) is 11.7. The zero-order valence-corrected chi connectivity index (χ0v) is 18.4. The second-order valence-corrected chi connectivity index (χ2v) is 8.89. The Kier molecular flexibility index (Phi) is 5.63. The standard InChI is InChI=1S/C27H30N2O/c1-20-9-5-6-10-21(20)19-26-28-24-11-7-8-12-25(24)29(26)17-18-30-23-15-13-22(14-16-23)27(2,3)4/h5-16H,17-19H2,1-4H3. The summed E-state index contributed by atoms with van der Waals surface area (Å²) in [5.41, 5.74) is 6.28.